The monoisotopic (exact) mass is 528 g/mol. The maximum atomic E-state index is 12.4. The number of aromatic nitrogens is 3. The molecule has 1 N–H and O–H groups in total. The molecule has 9 heteroatoms. The van der Waals surface area contributed by atoms with E-state index in [2.05, 4.69) is 21.5 Å². The topological polar surface area (TPSA) is 105 Å². The number of likely N-dealkylation sites (tertiary alicyclic amines) is 1. The van der Waals surface area contributed by atoms with Crippen molar-refractivity contribution in [1.82, 2.24) is 19.7 Å². The Labute approximate surface area is 229 Å². The largest absolute Gasteiger partial charge is 0.492 e. The van der Waals surface area contributed by atoms with Crippen LogP contribution in [0.5, 0.6) is 5.75 Å². The van der Waals surface area contributed by atoms with Gasteiger partial charge in [-0.3, -0.25) is 4.68 Å². The summed E-state index contributed by atoms with van der Waals surface area (Å²) >= 11 is 0. The second-order valence-corrected chi connectivity index (χ2v) is 11.4. The van der Waals surface area contributed by atoms with Crippen LogP contribution in [0.2, 0.25) is 0 Å². The Balaban J connectivity index is 1.20. The molecular weight excluding hydrogens is 492 g/mol. The van der Waals surface area contributed by atoms with Crippen LogP contribution in [-0.4, -0.2) is 51.1 Å². The van der Waals surface area contributed by atoms with Gasteiger partial charge >= 0.3 is 6.09 Å². The fourth-order valence-electron chi connectivity index (χ4n) is 4.86. The van der Waals surface area contributed by atoms with Crippen molar-refractivity contribution in [1.29, 1.82) is 5.26 Å². The first-order valence-corrected chi connectivity index (χ1v) is 13.7. The van der Waals surface area contributed by atoms with Crippen molar-refractivity contribution in [3.05, 3.63) is 54.5 Å². The van der Waals surface area contributed by atoms with Crippen molar-refractivity contribution in [2.45, 2.75) is 64.5 Å². The van der Waals surface area contributed by atoms with Gasteiger partial charge in [0.05, 0.1) is 30.1 Å². The Hall–Kier alpha value is -4.06. The van der Waals surface area contributed by atoms with Crippen molar-refractivity contribution in [3.63, 3.8) is 0 Å². The predicted octanol–water partition coefficient (Wildman–Crippen LogP) is 6.31. The van der Waals surface area contributed by atoms with E-state index < -0.39 is 5.60 Å². The maximum Gasteiger partial charge on any atom is 0.410 e. The normalized spacial score (nSPS) is 16.3. The van der Waals surface area contributed by atoms with Crippen LogP contribution in [-0.2, 0) is 4.74 Å². The number of hydrogen-bond donors (Lipinski definition) is 1. The van der Waals surface area contributed by atoms with E-state index in [1.165, 1.54) is 19.3 Å². The molecule has 2 fully saturated rings. The van der Waals surface area contributed by atoms with E-state index in [9.17, 15) is 10.1 Å². The molecule has 1 aromatic carbocycles. The molecule has 1 saturated carbocycles. The van der Waals surface area contributed by atoms with Gasteiger partial charge in [-0.1, -0.05) is 12.5 Å². The van der Waals surface area contributed by atoms with Crippen molar-refractivity contribution < 1.29 is 14.3 Å². The van der Waals surface area contributed by atoms with Crippen LogP contribution in [0.3, 0.4) is 0 Å². The summed E-state index contributed by atoms with van der Waals surface area (Å²) in [4.78, 5) is 18.6. The van der Waals surface area contributed by atoms with Gasteiger partial charge < -0.3 is 19.7 Å². The molecule has 0 bridgehead atoms. The second kappa shape index (κ2) is 11.4. The van der Waals surface area contributed by atoms with Gasteiger partial charge in [0.1, 0.15) is 23.2 Å². The predicted molar refractivity (Wildman–Crippen MR) is 149 cm³/mol. The molecular formula is C30H36N6O3. The number of benzene rings is 1. The van der Waals surface area contributed by atoms with E-state index in [1.54, 1.807) is 17.3 Å². The SMILES string of the molecule is CC(C)(C)OC(=O)N1CCC(n2cc(Nc3cc(-c4ccc(OCC5CCC5)c(C#N)c4)ccn3)cn2)CC1. The summed E-state index contributed by atoms with van der Waals surface area (Å²) in [7, 11) is 0. The summed E-state index contributed by atoms with van der Waals surface area (Å²) in [6.45, 7) is 7.60. The van der Waals surface area contributed by atoms with Crippen molar-refractivity contribution >= 4 is 17.6 Å². The van der Waals surface area contributed by atoms with Gasteiger partial charge in [0.2, 0.25) is 0 Å². The molecule has 1 aliphatic carbocycles. The molecule has 1 aliphatic heterocycles. The summed E-state index contributed by atoms with van der Waals surface area (Å²) < 4.78 is 13.4. The minimum atomic E-state index is -0.493. The van der Waals surface area contributed by atoms with E-state index in [-0.39, 0.29) is 12.1 Å². The minimum absolute atomic E-state index is 0.216. The average Bonchev–Trinajstić information content (AvgIpc) is 3.35. The van der Waals surface area contributed by atoms with Crippen molar-refractivity contribution in [3.8, 4) is 22.9 Å². The van der Waals surface area contributed by atoms with E-state index in [4.69, 9.17) is 9.47 Å². The highest BCUT2D eigenvalue weighted by Crippen LogP contribution is 2.31. The molecule has 204 valence electrons. The standard InChI is InChI=1S/C30H36N6O3/c1-30(2,3)39-29(37)35-13-10-26(11-14-35)36-19-25(18-33-36)34-28-16-23(9-12-32-28)22-7-8-27(24(15-22)17-31)38-20-21-5-4-6-21/h7-9,12,15-16,18-19,21,26H,4-6,10-11,13-14,20H2,1-3H3,(H,32,34). The fraction of sp³-hybridized carbons (Fsp3) is 0.467. The third-order valence-corrected chi connectivity index (χ3v) is 7.26. The molecule has 2 aliphatic rings. The number of carbonyl (C=O) groups is 1. The summed E-state index contributed by atoms with van der Waals surface area (Å²) in [5.41, 5.74) is 2.77. The highest BCUT2D eigenvalue weighted by molar-refractivity contribution is 5.71. The van der Waals surface area contributed by atoms with E-state index >= 15 is 0 Å². The molecule has 3 aromatic rings. The quantitative estimate of drug-likeness (QED) is 0.383. The Bertz CT molecular complexity index is 1340. The van der Waals surface area contributed by atoms with Crippen molar-refractivity contribution in [2.24, 2.45) is 5.92 Å². The van der Waals surface area contributed by atoms with Crippen LogP contribution in [0, 0.1) is 17.2 Å². The maximum absolute atomic E-state index is 12.4. The lowest BCUT2D eigenvalue weighted by Gasteiger charge is -2.33. The minimum Gasteiger partial charge on any atom is -0.492 e. The zero-order valence-corrected chi connectivity index (χ0v) is 22.9. The van der Waals surface area contributed by atoms with Crippen LogP contribution in [0.1, 0.15) is 64.5 Å². The number of hydrogen-bond acceptors (Lipinski definition) is 7. The lowest BCUT2D eigenvalue weighted by Crippen LogP contribution is -2.42. The number of piperidine rings is 1. The number of rotatable bonds is 7. The van der Waals surface area contributed by atoms with Gasteiger partial charge in [0, 0.05) is 25.5 Å². The third kappa shape index (κ3) is 6.69. The summed E-state index contributed by atoms with van der Waals surface area (Å²) in [6, 6.07) is 12.1. The second-order valence-electron chi connectivity index (χ2n) is 11.4. The molecule has 5 rings (SSSR count). The fourth-order valence-corrected chi connectivity index (χ4v) is 4.86. The zero-order chi connectivity index (χ0) is 27.4. The molecule has 1 saturated heterocycles. The number of nitriles is 1. The van der Waals surface area contributed by atoms with E-state index in [0.29, 0.717) is 42.7 Å². The van der Waals surface area contributed by atoms with Gasteiger partial charge in [-0.25, -0.2) is 9.78 Å². The van der Waals surface area contributed by atoms with Crippen molar-refractivity contribution in [2.75, 3.05) is 25.0 Å². The Morgan fingerprint density at radius 2 is 1.90 bits per heavy atom. The molecule has 0 radical (unpaired) electrons. The smallest absolute Gasteiger partial charge is 0.410 e. The highest BCUT2D eigenvalue weighted by Gasteiger charge is 2.28. The molecule has 3 heterocycles. The number of anilines is 2. The summed E-state index contributed by atoms with van der Waals surface area (Å²) in [5.74, 6) is 1.94. The van der Waals surface area contributed by atoms with E-state index in [1.807, 2.05) is 62.0 Å². The van der Waals surface area contributed by atoms with Crippen LogP contribution >= 0.6 is 0 Å². The number of nitrogens with one attached hydrogen (secondary N) is 1. The van der Waals surface area contributed by atoms with Gasteiger partial charge in [-0.2, -0.15) is 10.4 Å². The number of pyridine rings is 1. The van der Waals surface area contributed by atoms with Crippen LogP contribution in [0.4, 0.5) is 16.3 Å². The Morgan fingerprint density at radius 3 is 2.59 bits per heavy atom. The summed E-state index contributed by atoms with van der Waals surface area (Å²) in [5, 5.41) is 17.6. The first-order valence-electron chi connectivity index (χ1n) is 13.7. The third-order valence-electron chi connectivity index (χ3n) is 7.26. The Morgan fingerprint density at radius 1 is 1.13 bits per heavy atom. The zero-order valence-electron chi connectivity index (χ0n) is 22.9. The molecule has 2 aromatic heterocycles. The lowest BCUT2D eigenvalue weighted by atomic mass is 9.86. The average molecular weight is 529 g/mol. The van der Waals surface area contributed by atoms with Crippen LogP contribution in [0.15, 0.2) is 48.9 Å². The molecule has 39 heavy (non-hydrogen) atoms. The highest BCUT2D eigenvalue weighted by atomic mass is 16.6. The van der Waals surface area contributed by atoms with Crippen LogP contribution in [0.25, 0.3) is 11.1 Å². The number of amides is 1. The van der Waals surface area contributed by atoms with Crippen LogP contribution < -0.4 is 10.1 Å². The summed E-state index contributed by atoms with van der Waals surface area (Å²) in [6.07, 6.45) is 10.6. The number of carbonyl (C=O) groups excluding carboxylic acids is 1. The first kappa shape index (κ1) is 26.5. The van der Waals surface area contributed by atoms with Gasteiger partial charge in [0.15, 0.2) is 0 Å². The first-order chi connectivity index (χ1) is 18.8. The molecule has 0 spiro atoms. The molecule has 9 nitrogen and oxygen atoms in total. The van der Waals surface area contributed by atoms with E-state index in [0.717, 1.165) is 29.7 Å². The molecule has 0 atom stereocenters. The number of nitrogens with zero attached hydrogens (tertiary/aromatic N) is 5. The van der Waals surface area contributed by atoms with Gasteiger partial charge in [-0.05, 0) is 87.8 Å². The lowest BCUT2D eigenvalue weighted by molar-refractivity contribution is 0.0185. The molecule has 0 unspecified atom stereocenters. The van der Waals surface area contributed by atoms with Gasteiger partial charge in [0.25, 0.3) is 0 Å². The Kier molecular flexibility index (Phi) is 7.73. The van der Waals surface area contributed by atoms with Gasteiger partial charge in [-0.15, -0.1) is 0 Å². The number of ether oxygens (including phenoxy) is 2. The molecule has 1 amide bonds.